The zero-order chi connectivity index (χ0) is 18.0. The lowest BCUT2D eigenvalue weighted by Crippen LogP contribution is -2.44. The molecule has 1 aliphatic rings. The highest BCUT2D eigenvalue weighted by atomic mass is 35.5. The smallest absolute Gasteiger partial charge is 0.223 e. The van der Waals surface area contributed by atoms with Crippen LogP contribution >= 0.6 is 11.6 Å². The van der Waals surface area contributed by atoms with E-state index in [0.717, 1.165) is 42.7 Å². The van der Waals surface area contributed by atoms with E-state index in [9.17, 15) is 4.79 Å². The van der Waals surface area contributed by atoms with Crippen molar-refractivity contribution in [3.05, 3.63) is 29.5 Å². The van der Waals surface area contributed by atoms with Crippen LogP contribution in [0, 0.1) is 11.8 Å². The van der Waals surface area contributed by atoms with Gasteiger partial charge in [0.05, 0.1) is 5.52 Å². The van der Waals surface area contributed by atoms with Crippen molar-refractivity contribution in [2.24, 2.45) is 11.8 Å². The van der Waals surface area contributed by atoms with E-state index < -0.39 is 0 Å². The number of carbonyl (C=O) groups is 1. The SMILES string of the molecule is CC(C)C(C)NC(=O)C1CCN(c2ncnc3cc(Cl)ccc23)CC1. The Balaban J connectivity index is 1.68. The highest BCUT2D eigenvalue weighted by molar-refractivity contribution is 6.31. The first-order valence-corrected chi connectivity index (χ1v) is 9.29. The summed E-state index contributed by atoms with van der Waals surface area (Å²) >= 11 is 6.06. The molecule has 1 aliphatic heterocycles. The Morgan fingerprint density at radius 3 is 2.64 bits per heavy atom. The number of nitrogens with zero attached hydrogens (tertiary/aromatic N) is 3. The zero-order valence-electron chi connectivity index (χ0n) is 15.0. The third-order valence-electron chi connectivity index (χ3n) is 5.11. The van der Waals surface area contributed by atoms with Crippen LogP contribution < -0.4 is 10.2 Å². The zero-order valence-corrected chi connectivity index (χ0v) is 15.8. The second-order valence-electron chi connectivity index (χ2n) is 7.16. The minimum absolute atomic E-state index is 0.0833. The summed E-state index contributed by atoms with van der Waals surface area (Å²) in [6.07, 6.45) is 3.27. The molecule has 134 valence electrons. The van der Waals surface area contributed by atoms with Crippen molar-refractivity contribution >= 4 is 34.2 Å². The molecule has 1 fully saturated rings. The molecular weight excluding hydrogens is 336 g/mol. The van der Waals surface area contributed by atoms with Crippen LogP contribution in [0.5, 0.6) is 0 Å². The van der Waals surface area contributed by atoms with Crippen LogP contribution in [0.2, 0.25) is 5.02 Å². The number of aromatic nitrogens is 2. The maximum Gasteiger partial charge on any atom is 0.223 e. The molecule has 1 aromatic heterocycles. The Labute approximate surface area is 153 Å². The van der Waals surface area contributed by atoms with Crippen molar-refractivity contribution in [2.45, 2.75) is 39.7 Å². The molecule has 1 unspecified atom stereocenters. The largest absolute Gasteiger partial charge is 0.356 e. The summed E-state index contributed by atoms with van der Waals surface area (Å²) < 4.78 is 0. The van der Waals surface area contributed by atoms with Crippen molar-refractivity contribution in [2.75, 3.05) is 18.0 Å². The van der Waals surface area contributed by atoms with E-state index in [-0.39, 0.29) is 17.9 Å². The first-order valence-electron chi connectivity index (χ1n) is 8.91. The highest BCUT2D eigenvalue weighted by Crippen LogP contribution is 2.29. The molecular formula is C19H25ClN4O. The Morgan fingerprint density at radius 1 is 1.24 bits per heavy atom. The first kappa shape index (κ1) is 17.9. The number of hydrogen-bond acceptors (Lipinski definition) is 4. The molecule has 5 nitrogen and oxygen atoms in total. The number of fused-ring (bicyclic) bond motifs is 1. The van der Waals surface area contributed by atoms with Gasteiger partial charge in [-0.25, -0.2) is 9.97 Å². The molecule has 25 heavy (non-hydrogen) atoms. The van der Waals surface area contributed by atoms with Gasteiger partial charge in [-0.1, -0.05) is 25.4 Å². The van der Waals surface area contributed by atoms with Crippen LogP contribution in [0.4, 0.5) is 5.82 Å². The van der Waals surface area contributed by atoms with Crippen LogP contribution in [0.1, 0.15) is 33.6 Å². The lowest BCUT2D eigenvalue weighted by molar-refractivity contribution is -0.126. The van der Waals surface area contributed by atoms with E-state index in [1.165, 1.54) is 0 Å². The van der Waals surface area contributed by atoms with Gasteiger partial charge in [0.2, 0.25) is 5.91 Å². The molecule has 2 heterocycles. The summed E-state index contributed by atoms with van der Waals surface area (Å²) in [5, 5.41) is 4.82. The molecule has 1 atom stereocenters. The quantitative estimate of drug-likeness (QED) is 0.903. The monoisotopic (exact) mass is 360 g/mol. The number of nitrogens with one attached hydrogen (secondary N) is 1. The van der Waals surface area contributed by atoms with Gasteiger partial charge in [-0.2, -0.15) is 0 Å². The predicted octanol–water partition coefficient (Wildman–Crippen LogP) is 3.66. The van der Waals surface area contributed by atoms with E-state index in [1.807, 2.05) is 18.2 Å². The van der Waals surface area contributed by atoms with Gasteiger partial charge < -0.3 is 10.2 Å². The molecule has 1 amide bonds. The summed E-state index contributed by atoms with van der Waals surface area (Å²) in [6, 6.07) is 5.90. The summed E-state index contributed by atoms with van der Waals surface area (Å²) in [5.74, 6) is 1.64. The van der Waals surface area contributed by atoms with E-state index in [1.54, 1.807) is 6.33 Å². The van der Waals surface area contributed by atoms with Gasteiger partial charge in [0.25, 0.3) is 0 Å². The number of halogens is 1. The fourth-order valence-electron chi connectivity index (χ4n) is 3.13. The maximum absolute atomic E-state index is 12.4. The number of piperidine rings is 1. The molecule has 0 aliphatic carbocycles. The number of rotatable bonds is 4. The fourth-order valence-corrected chi connectivity index (χ4v) is 3.30. The van der Waals surface area contributed by atoms with Gasteiger partial charge in [-0.15, -0.1) is 0 Å². The standard InChI is InChI=1S/C19H25ClN4O/c1-12(2)13(3)23-19(25)14-6-8-24(9-7-14)18-16-5-4-15(20)10-17(16)21-11-22-18/h4-5,10-14H,6-9H2,1-3H3,(H,23,25). The van der Waals surface area contributed by atoms with Crippen LogP contribution in [-0.2, 0) is 4.79 Å². The van der Waals surface area contributed by atoms with E-state index in [2.05, 4.69) is 41.0 Å². The number of hydrogen-bond donors (Lipinski definition) is 1. The van der Waals surface area contributed by atoms with E-state index in [4.69, 9.17) is 11.6 Å². The third kappa shape index (κ3) is 4.03. The van der Waals surface area contributed by atoms with Gasteiger partial charge in [0.15, 0.2) is 0 Å². The molecule has 6 heteroatoms. The van der Waals surface area contributed by atoms with Crippen molar-refractivity contribution in [3.8, 4) is 0 Å². The molecule has 0 saturated carbocycles. The number of benzene rings is 1. The fraction of sp³-hybridized carbons (Fsp3) is 0.526. The number of amides is 1. The van der Waals surface area contributed by atoms with Crippen LogP contribution in [-0.4, -0.2) is 35.0 Å². The Morgan fingerprint density at radius 2 is 1.96 bits per heavy atom. The van der Waals surface area contributed by atoms with Crippen molar-refractivity contribution in [3.63, 3.8) is 0 Å². The Hall–Kier alpha value is -1.88. The normalized spacial score (nSPS) is 17.1. The minimum Gasteiger partial charge on any atom is -0.356 e. The molecule has 0 bridgehead atoms. The molecule has 1 saturated heterocycles. The summed E-state index contributed by atoms with van der Waals surface area (Å²) in [4.78, 5) is 23.5. The van der Waals surface area contributed by atoms with E-state index in [0.29, 0.717) is 10.9 Å². The molecule has 3 rings (SSSR count). The molecule has 0 spiro atoms. The van der Waals surface area contributed by atoms with Gasteiger partial charge in [-0.05, 0) is 43.9 Å². The topological polar surface area (TPSA) is 58.1 Å². The molecule has 1 aromatic carbocycles. The second-order valence-corrected chi connectivity index (χ2v) is 7.60. The average molecular weight is 361 g/mol. The van der Waals surface area contributed by atoms with Gasteiger partial charge in [-0.3, -0.25) is 4.79 Å². The highest BCUT2D eigenvalue weighted by Gasteiger charge is 2.27. The molecule has 0 radical (unpaired) electrons. The molecule has 2 aromatic rings. The van der Waals surface area contributed by atoms with Gasteiger partial charge >= 0.3 is 0 Å². The second kappa shape index (κ2) is 7.56. The first-order chi connectivity index (χ1) is 12.0. The van der Waals surface area contributed by atoms with Crippen molar-refractivity contribution in [1.82, 2.24) is 15.3 Å². The Bertz CT molecular complexity index is 756. The lowest BCUT2D eigenvalue weighted by Gasteiger charge is -2.33. The van der Waals surface area contributed by atoms with Gasteiger partial charge in [0.1, 0.15) is 12.1 Å². The summed E-state index contributed by atoms with van der Waals surface area (Å²) in [6.45, 7) is 7.96. The maximum atomic E-state index is 12.4. The number of carbonyl (C=O) groups excluding carboxylic acids is 1. The Kier molecular flexibility index (Phi) is 5.42. The van der Waals surface area contributed by atoms with E-state index >= 15 is 0 Å². The van der Waals surface area contributed by atoms with Crippen molar-refractivity contribution in [1.29, 1.82) is 0 Å². The summed E-state index contributed by atoms with van der Waals surface area (Å²) in [5.41, 5.74) is 0.850. The lowest BCUT2D eigenvalue weighted by atomic mass is 9.94. The summed E-state index contributed by atoms with van der Waals surface area (Å²) in [7, 11) is 0. The molecule has 1 N–H and O–H groups in total. The minimum atomic E-state index is 0.0833. The van der Waals surface area contributed by atoms with Crippen molar-refractivity contribution < 1.29 is 4.79 Å². The van der Waals surface area contributed by atoms with Crippen LogP contribution in [0.25, 0.3) is 10.9 Å². The van der Waals surface area contributed by atoms with Gasteiger partial charge in [0, 0.05) is 35.5 Å². The predicted molar refractivity (Wildman–Crippen MR) is 102 cm³/mol. The third-order valence-corrected chi connectivity index (χ3v) is 5.35. The average Bonchev–Trinajstić information content (AvgIpc) is 2.61. The van der Waals surface area contributed by atoms with Crippen LogP contribution in [0.3, 0.4) is 0 Å². The van der Waals surface area contributed by atoms with Crippen LogP contribution in [0.15, 0.2) is 24.5 Å². The number of anilines is 1.